The van der Waals surface area contributed by atoms with Crippen LogP contribution >= 0.6 is 0 Å². The van der Waals surface area contributed by atoms with Gasteiger partial charge in [-0.25, -0.2) is 23.7 Å². The number of anilines is 1. The normalized spacial score (nSPS) is 18.7. The summed E-state index contributed by atoms with van der Waals surface area (Å²) in [5.74, 6) is -3.58. The molecule has 1 N–H and O–H groups in total. The number of piperidine rings is 1. The zero-order valence-corrected chi connectivity index (χ0v) is 22.3. The summed E-state index contributed by atoms with van der Waals surface area (Å²) >= 11 is 0. The van der Waals surface area contributed by atoms with E-state index in [1.54, 1.807) is 23.1 Å². The number of aromatic nitrogens is 3. The maximum Gasteiger partial charge on any atom is 0.451 e. The lowest BCUT2D eigenvalue weighted by Gasteiger charge is -2.37. The number of alkyl halides is 5. The molecule has 9 nitrogen and oxygen atoms in total. The summed E-state index contributed by atoms with van der Waals surface area (Å²) in [7, 11) is 1.43. The molecule has 1 unspecified atom stereocenters. The molecule has 1 amide bonds. The average molecular weight is 581 g/mol. The molecule has 3 aromatic rings. The molecule has 1 aromatic carbocycles. The van der Waals surface area contributed by atoms with Crippen molar-refractivity contribution < 1.29 is 36.2 Å². The number of nitrogens with one attached hydrogen (secondary N) is 1. The fraction of sp³-hybridized carbons (Fsp3) is 0.481. The second-order valence-electron chi connectivity index (χ2n) is 9.93. The standard InChI is InChI=1S/C27H29F5N6O3/c1-40-21-4-3-19-18(2-5-22(36-19)38-10-12-41-13-11-38)23(21)24(39)33-16-20(37-8-6-26(28,29)7-9-37)17-14-34-25(35-15-17)27(30,31)32/h2-5,14-15,20H,6-13,16H2,1H3,(H,33,39). The molecule has 2 saturated heterocycles. The molecule has 0 spiro atoms. The van der Waals surface area contributed by atoms with Crippen LogP contribution in [0.4, 0.5) is 27.8 Å². The Kier molecular flexibility index (Phi) is 8.23. The summed E-state index contributed by atoms with van der Waals surface area (Å²) < 4.78 is 77.7. The van der Waals surface area contributed by atoms with Crippen molar-refractivity contribution in [3.05, 3.63) is 53.6 Å². The first kappa shape index (κ1) is 28.9. The Bertz CT molecular complexity index is 1370. The third kappa shape index (κ3) is 6.48. The number of fused-ring (bicyclic) bond motifs is 1. The van der Waals surface area contributed by atoms with Crippen molar-refractivity contribution in [1.82, 2.24) is 25.2 Å². The van der Waals surface area contributed by atoms with Crippen LogP contribution in [0.15, 0.2) is 36.7 Å². The van der Waals surface area contributed by atoms with Gasteiger partial charge in [-0.05, 0) is 24.3 Å². The van der Waals surface area contributed by atoms with Gasteiger partial charge in [0.25, 0.3) is 11.8 Å². The predicted molar refractivity (Wildman–Crippen MR) is 139 cm³/mol. The number of amides is 1. The number of morpholine rings is 1. The van der Waals surface area contributed by atoms with E-state index >= 15 is 0 Å². The second-order valence-corrected chi connectivity index (χ2v) is 9.93. The summed E-state index contributed by atoms with van der Waals surface area (Å²) in [6.45, 7) is 2.46. The number of benzene rings is 1. The van der Waals surface area contributed by atoms with Gasteiger partial charge in [-0.3, -0.25) is 9.69 Å². The summed E-state index contributed by atoms with van der Waals surface area (Å²) in [6, 6.07) is 6.27. The van der Waals surface area contributed by atoms with E-state index in [-0.39, 0.29) is 30.8 Å². The van der Waals surface area contributed by atoms with E-state index in [0.29, 0.717) is 43.0 Å². The molecule has 0 radical (unpaired) electrons. The molecule has 5 rings (SSSR count). The van der Waals surface area contributed by atoms with Gasteiger partial charge in [0, 0.05) is 68.9 Å². The van der Waals surface area contributed by atoms with E-state index in [1.165, 1.54) is 7.11 Å². The molecule has 2 aliphatic heterocycles. The van der Waals surface area contributed by atoms with Gasteiger partial charge in [-0.15, -0.1) is 0 Å². The average Bonchev–Trinajstić information content (AvgIpc) is 2.97. The molecule has 1 atom stereocenters. The Morgan fingerprint density at radius 3 is 2.39 bits per heavy atom. The summed E-state index contributed by atoms with van der Waals surface area (Å²) in [6.07, 6.45) is -3.50. The molecule has 0 aliphatic carbocycles. The van der Waals surface area contributed by atoms with Crippen LogP contribution in [-0.4, -0.2) is 84.7 Å². The van der Waals surface area contributed by atoms with Crippen LogP contribution in [0.2, 0.25) is 0 Å². The van der Waals surface area contributed by atoms with E-state index < -0.39 is 42.7 Å². The molecule has 220 valence electrons. The lowest BCUT2D eigenvalue weighted by atomic mass is 10.0. The van der Waals surface area contributed by atoms with Crippen molar-refractivity contribution in [3.63, 3.8) is 0 Å². The number of likely N-dealkylation sites (tertiary alicyclic amines) is 1. The lowest BCUT2D eigenvalue weighted by molar-refractivity contribution is -0.145. The first-order chi connectivity index (χ1) is 19.6. The minimum Gasteiger partial charge on any atom is -0.496 e. The van der Waals surface area contributed by atoms with Gasteiger partial charge < -0.3 is 19.7 Å². The molecule has 41 heavy (non-hydrogen) atoms. The van der Waals surface area contributed by atoms with Gasteiger partial charge in [0.05, 0.1) is 37.4 Å². The Hall–Kier alpha value is -3.65. The van der Waals surface area contributed by atoms with Gasteiger partial charge in [-0.2, -0.15) is 13.2 Å². The zero-order chi connectivity index (χ0) is 29.2. The Balaban J connectivity index is 1.40. The van der Waals surface area contributed by atoms with Crippen LogP contribution in [-0.2, 0) is 10.9 Å². The third-order valence-electron chi connectivity index (χ3n) is 7.34. The number of halogens is 5. The van der Waals surface area contributed by atoms with Gasteiger partial charge in [-0.1, -0.05) is 0 Å². The van der Waals surface area contributed by atoms with Crippen LogP contribution in [0.3, 0.4) is 0 Å². The second kappa shape index (κ2) is 11.7. The Labute approximate surface area is 232 Å². The predicted octanol–water partition coefficient (Wildman–Crippen LogP) is 4.09. The number of carbonyl (C=O) groups excluding carboxylic acids is 1. The number of methoxy groups -OCH3 is 1. The number of pyridine rings is 1. The van der Waals surface area contributed by atoms with Gasteiger partial charge in [0.1, 0.15) is 11.6 Å². The maximum absolute atomic E-state index is 13.9. The van der Waals surface area contributed by atoms with Crippen LogP contribution in [0, 0.1) is 0 Å². The van der Waals surface area contributed by atoms with Crippen molar-refractivity contribution in [1.29, 1.82) is 0 Å². The number of rotatable bonds is 7. The van der Waals surface area contributed by atoms with Crippen LogP contribution < -0.4 is 15.0 Å². The number of hydrogen-bond acceptors (Lipinski definition) is 8. The molecule has 4 heterocycles. The highest BCUT2D eigenvalue weighted by Crippen LogP contribution is 2.34. The van der Waals surface area contributed by atoms with Crippen molar-refractivity contribution in [3.8, 4) is 5.75 Å². The largest absolute Gasteiger partial charge is 0.496 e. The SMILES string of the molecule is COc1ccc2nc(N3CCOCC3)ccc2c1C(=O)NCC(c1cnc(C(F)(F)F)nc1)N1CCC(F)(F)CC1. The van der Waals surface area contributed by atoms with Gasteiger partial charge in [0.15, 0.2) is 0 Å². The monoisotopic (exact) mass is 580 g/mol. The summed E-state index contributed by atoms with van der Waals surface area (Å²) in [5.41, 5.74) is 1.08. The van der Waals surface area contributed by atoms with Crippen molar-refractivity contribution in [2.75, 3.05) is 57.9 Å². The fourth-order valence-electron chi connectivity index (χ4n) is 5.10. The topological polar surface area (TPSA) is 92.7 Å². The maximum atomic E-state index is 13.9. The first-order valence-electron chi connectivity index (χ1n) is 13.2. The highest BCUT2D eigenvalue weighted by molar-refractivity contribution is 6.09. The first-order valence-corrected chi connectivity index (χ1v) is 13.2. The van der Waals surface area contributed by atoms with E-state index in [0.717, 1.165) is 18.2 Å². The summed E-state index contributed by atoms with van der Waals surface area (Å²) in [5, 5.41) is 3.37. The van der Waals surface area contributed by atoms with Crippen molar-refractivity contribution in [2.24, 2.45) is 0 Å². The number of ether oxygens (including phenoxy) is 2. The smallest absolute Gasteiger partial charge is 0.451 e. The van der Waals surface area contributed by atoms with E-state index in [2.05, 4.69) is 20.2 Å². The number of carbonyl (C=O) groups is 1. The van der Waals surface area contributed by atoms with Crippen LogP contribution in [0.5, 0.6) is 5.75 Å². The third-order valence-corrected chi connectivity index (χ3v) is 7.34. The summed E-state index contributed by atoms with van der Waals surface area (Å²) in [4.78, 5) is 28.9. The van der Waals surface area contributed by atoms with E-state index in [1.807, 2.05) is 6.07 Å². The highest BCUT2D eigenvalue weighted by Gasteiger charge is 2.38. The van der Waals surface area contributed by atoms with Crippen LogP contribution in [0.25, 0.3) is 10.9 Å². The minimum absolute atomic E-state index is 0.0135. The van der Waals surface area contributed by atoms with Crippen molar-refractivity contribution >= 4 is 22.6 Å². The lowest BCUT2D eigenvalue weighted by Crippen LogP contribution is -2.45. The molecule has 2 aliphatic rings. The molecule has 2 aromatic heterocycles. The zero-order valence-electron chi connectivity index (χ0n) is 22.3. The minimum atomic E-state index is -4.73. The Morgan fingerprint density at radius 1 is 1.07 bits per heavy atom. The number of nitrogens with zero attached hydrogens (tertiary/aromatic N) is 5. The molecule has 0 saturated carbocycles. The molecule has 14 heteroatoms. The highest BCUT2D eigenvalue weighted by atomic mass is 19.4. The molecular formula is C27H29F5N6O3. The van der Waals surface area contributed by atoms with E-state index in [4.69, 9.17) is 14.5 Å². The van der Waals surface area contributed by atoms with Crippen LogP contribution in [0.1, 0.15) is 40.6 Å². The Morgan fingerprint density at radius 2 is 1.76 bits per heavy atom. The molecular weight excluding hydrogens is 551 g/mol. The number of hydrogen-bond donors (Lipinski definition) is 1. The quantitative estimate of drug-likeness (QED) is 0.418. The van der Waals surface area contributed by atoms with Gasteiger partial charge in [0.2, 0.25) is 5.82 Å². The molecule has 0 bridgehead atoms. The van der Waals surface area contributed by atoms with Crippen molar-refractivity contribution in [2.45, 2.75) is 31.0 Å². The molecule has 2 fully saturated rings. The van der Waals surface area contributed by atoms with Gasteiger partial charge >= 0.3 is 6.18 Å². The van der Waals surface area contributed by atoms with E-state index in [9.17, 15) is 26.7 Å². The fourth-order valence-corrected chi connectivity index (χ4v) is 5.10.